The van der Waals surface area contributed by atoms with E-state index >= 15 is 0 Å². The van der Waals surface area contributed by atoms with E-state index < -0.39 is 34.3 Å². The standard InChI is InChI=1S/C19H21FN2O5S2/c20-15-6-2-3-7-16(15)21-17(23)13-27-18(24)12-14-8-9-19(28-14)29(25,26)22-10-4-1-5-11-22/h2-3,6-9H,1,4-5,10-13H2,(H,21,23). The predicted molar refractivity (Wildman–Crippen MR) is 107 cm³/mol. The van der Waals surface area contributed by atoms with Gasteiger partial charge in [0.15, 0.2) is 6.61 Å². The number of hydrogen-bond donors (Lipinski definition) is 1. The molecule has 1 N–H and O–H groups in total. The molecular weight excluding hydrogens is 419 g/mol. The Balaban J connectivity index is 1.51. The van der Waals surface area contributed by atoms with Crippen LogP contribution in [0.4, 0.5) is 10.1 Å². The molecule has 10 heteroatoms. The topological polar surface area (TPSA) is 92.8 Å². The van der Waals surface area contributed by atoms with Gasteiger partial charge in [0.2, 0.25) is 0 Å². The molecule has 0 saturated carbocycles. The Morgan fingerprint density at radius 3 is 2.55 bits per heavy atom. The Morgan fingerprint density at radius 2 is 1.83 bits per heavy atom. The fourth-order valence-corrected chi connectivity index (χ4v) is 5.93. The summed E-state index contributed by atoms with van der Waals surface area (Å²) in [6, 6.07) is 8.71. The van der Waals surface area contributed by atoms with Crippen LogP contribution in [0.5, 0.6) is 0 Å². The van der Waals surface area contributed by atoms with Gasteiger partial charge in [0, 0.05) is 18.0 Å². The van der Waals surface area contributed by atoms with E-state index in [0.29, 0.717) is 18.0 Å². The molecule has 7 nitrogen and oxygen atoms in total. The Hall–Kier alpha value is -2.30. The molecule has 1 amide bonds. The number of carbonyl (C=O) groups is 2. The first-order valence-electron chi connectivity index (χ1n) is 9.15. The van der Waals surface area contributed by atoms with E-state index in [1.165, 1.54) is 28.6 Å². The number of sulfonamides is 1. The summed E-state index contributed by atoms with van der Waals surface area (Å²) in [4.78, 5) is 24.3. The van der Waals surface area contributed by atoms with Gasteiger partial charge in [-0.05, 0) is 37.1 Å². The van der Waals surface area contributed by atoms with Crippen LogP contribution in [0.1, 0.15) is 24.1 Å². The number of piperidine rings is 1. The Labute approximate surface area is 172 Å². The molecule has 1 aliphatic rings. The summed E-state index contributed by atoms with van der Waals surface area (Å²) in [5.74, 6) is -1.92. The third kappa shape index (κ3) is 5.62. The summed E-state index contributed by atoms with van der Waals surface area (Å²) in [6.07, 6.45) is 2.57. The molecule has 0 aliphatic carbocycles. The second kappa shape index (κ2) is 9.47. The van der Waals surface area contributed by atoms with Crippen molar-refractivity contribution in [2.45, 2.75) is 29.9 Å². The van der Waals surface area contributed by atoms with Crippen molar-refractivity contribution >= 4 is 38.9 Å². The van der Waals surface area contributed by atoms with Gasteiger partial charge in [-0.3, -0.25) is 9.59 Å². The molecule has 0 spiro atoms. The molecule has 2 aromatic rings. The van der Waals surface area contributed by atoms with Crippen molar-refractivity contribution in [2.24, 2.45) is 0 Å². The molecule has 29 heavy (non-hydrogen) atoms. The number of hydrogen-bond acceptors (Lipinski definition) is 6. The van der Waals surface area contributed by atoms with Gasteiger partial charge >= 0.3 is 5.97 Å². The molecule has 156 valence electrons. The third-order valence-corrected chi connectivity index (χ3v) is 7.83. The van der Waals surface area contributed by atoms with Crippen LogP contribution in [-0.4, -0.2) is 44.3 Å². The highest BCUT2D eigenvalue weighted by molar-refractivity contribution is 7.91. The van der Waals surface area contributed by atoms with Crippen molar-refractivity contribution in [3.63, 3.8) is 0 Å². The van der Waals surface area contributed by atoms with Crippen molar-refractivity contribution < 1.29 is 27.1 Å². The lowest BCUT2D eigenvalue weighted by Gasteiger charge is -2.25. The normalized spacial score (nSPS) is 15.1. The van der Waals surface area contributed by atoms with Gasteiger partial charge in [-0.1, -0.05) is 18.6 Å². The van der Waals surface area contributed by atoms with Gasteiger partial charge in [0.25, 0.3) is 15.9 Å². The van der Waals surface area contributed by atoms with E-state index in [9.17, 15) is 22.4 Å². The molecule has 1 aromatic carbocycles. The lowest BCUT2D eigenvalue weighted by molar-refractivity contribution is -0.146. The zero-order valence-corrected chi connectivity index (χ0v) is 17.2. The van der Waals surface area contributed by atoms with E-state index in [1.54, 1.807) is 12.1 Å². The van der Waals surface area contributed by atoms with Crippen LogP contribution in [0.2, 0.25) is 0 Å². The number of para-hydroxylation sites is 1. The highest BCUT2D eigenvalue weighted by atomic mass is 32.2. The number of benzene rings is 1. The summed E-state index contributed by atoms with van der Waals surface area (Å²) >= 11 is 1.02. The van der Waals surface area contributed by atoms with Crippen LogP contribution in [0.15, 0.2) is 40.6 Å². The maximum Gasteiger partial charge on any atom is 0.311 e. The average Bonchev–Trinajstić information content (AvgIpc) is 3.18. The number of halogens is 1. The van der Waals surface area contributed by atoms with Crippen molar-refractivity contribution in [2.75, 3.05) is 25.0 Å². The first-order chi connectivity index (χ1) is 13.9. The number of amides is 1. The molecule has 3 rings (SSSR count). The maximum absolute atomic E-state index is 13.5. The summed E-state index contributed by atoms with van der Waals surface area (Å²) in [5, 5.41) is 2.32. The Kier molecular flexibility index (Phi) is 6.99. The molecular formula is C19H21FN2O5S2. The number of ether oxygens (including phenoxy) is 1. The van der Waals surface area contributed by atoms with Gasteiger partial charge in [-0.25, -0.2) is 12.8 Å². The first kappa shape index (κ1) is 21.4. The summed E-state index contributed by atoms with van der Waals surface area (Å²) < 4.78 is 45.3. The zero-order valence-electron chi connectivity index (χ0n) is 15.6. The quantitative estimate of drug-likeness (QED) is 0.669. The fourth-order valence-electron chi connectivity index (χ4n) is 2.91. The monoisotopic (exact) mass is 440 g/mol. The molecule has 2 heterocycles. The van der Waals surface area contributed by atoms with E-state index in [0.717, 1.165) is 30.6 Å². The minimum atomic E-state index is -3.54. The lowest BCUT2D eigenvalue weighted by atomic mass is 10.2. The predicted octanol–water partition coefficient (Wildman–Crippen LogP) is 2.79. The second-order valence-electron chi connectivity index (χ2n) is 6.55. The van der Waals surface area contributed by atoms with Crippen LogP contribution < -0.4 is 5.32 Å². The summed E-state index contributed by atoms with van der Waals surface area (Å²) in [6.45, 7) is 0.459. The van der Waals surface area contributed by atoms with E-state index in [4.69, 9.17) is 4.74 Å². The smallest absolute Gasteiger partial charge is 0.311 e. The third-order valence-electron chi connectivity index (χ3n) is 4.38. The molecule has 0 radical (unpaired) electrons. The highest BCUT2D eigenvalue weighted by Crippen LogP contribution is 2.27. The largest absolute Gasteiger partial charge is 0.455 e. The van der Waals surface area contributed by atoms with E-state index in [-0.39, 0.29) is 16.3 Å². The van der Waals surface area contributed by atoms with Crippen LogP contribution in [0.25, 0.3) is 0 Å². The molecule has 1 aliphatic heterocycles. The number of rotatable bonds is 7. The molecule has 0 bridgehead atoms. The van der Waals surface area contributed by atoms with Crippen molar-refractivity contribution in [3.8, 4) is 0 Å². The summed E-state index contributed by atoms with van der Waals surface area (Å²) in [5.41, 5.74) is -0.000586. The van der Waals surface area contributed by atoms with Gasteiger partial charge in [0.1, 0.15) is 10.0 Å². The van der Waals surface area contributed by atoms with E-state index in [2.05, 4.69) is 5.32 Å². The van der Waals surface area contributed by atoms with Crippen LogP contribution in [0, 0.1) is 5.82 Å². The van der Waals surface area contributed by atoms with Crippen molar-refractivity contribution in [1.82, 2.24) is 4.31 Å². The van der Waals surface area contributed by atoms with Crippen LogP contribution in [0.3, 0.4) is 0 Å². The minimum Gasteiger partial charge on any atom is -0.455 e. The number of esters is 1. The maximum atomic E-state index is 13.5. The van der Waals surface area contributed by atoms with Crippen molar-refractivity contribution in [3.05, 3.63) is 47.1 Å². The van der Waals surface area contributed by atoms with Gasteiger partial charge in [-0.15, -0.1) is 11.3 Å². The van der Waals surface area contributed by atoms with Crippen LogP contribution in [-0.2, 0) is 30.8 Å². The van der Waals surface area contributed by atoms with Crippen molar-refractivity contribution in [1.29, 1.82) is 0 Å². The zero-order chi connectivity index (χ0) is 20.9. The van der Waals surface area contributed by atoms with Gasteiger partial charge in [0.05, 0.1) is 12.1 Å². The summed E-state index contributed by atoms with van der Waals surface area (Å²) in [7, 11) is -3.54. The highest BCUT2D eigenvalue weighted by Gasteiger charge is 2.27. The molecule has 1 fully saturated rings. The Bertz CT molecular complexity index is 984. The van der Waals surface area contributed by atoms with Gasteiger partial charge < -0.3 is 10.1 Å². The average molecular weight is 441 g/mol. The van der Waals surface area contributed by atoms with Crippen LogP contribution >= 0.6 is 11.3 Å². The SMILES string of the molecule is O=C(COC(=O)Cc1ccc(S(=O)(=O)N2CCCCC2)s1)Nc1ccccc1F. The number of thiophene rings is 1. The lowest BCUT2D eigenvalue weighted by Crippen LogP contribution is -2.35. The number of carbonyl (C=O) groups excluding carboxylic acids is 2. The first-order valence-corrected chi connectivity index (χ1v) is 11.4. The fraction of sp³-hybridized carbons (Fsp3) is 0.368. The van der Waals surface area contributed by atoms with Gasteiger partial charge in [-0.2, -0.15) is 4.31 Å². The molecule has 0 unspecified atom stereocenters. The molecule has 1 aromatic heterocycles. The second-order valence-corrected chi connectivity index (χ2v) is 9.88. The molecule has 0 atom stereocenters. The number of nitrogens with zero attached hydrogens (tertiary/aromatic N) is 1. The minimum absolute atomic E-state index is 0.000586. The molecule has 1 saturated heterocycles. The Morgan fingerprint density at radius 1 is 1.10 bits per heavy atom. The van der Waals surface area contributed by atoms with E-state index in [1.807, 2.05) is 0 Å². The number of nitrogens with one attached hydrogen (secondary N) is 1. The number of anilines is 1.